The number of nitrogens with one attached hydrogen (secondary N) is 1. The van der Waals surface area contributed by atoms with Crippen LogP contribution in [0.15, 0.2) is 62.3 Å². The van der Waals surface area contributed by atoms with Gasteiger partial charge in [-0.1, -0.05) is 28.1 Å². The van der Waals surface area contributed by atoms with Crippen LogP contribution in [0.25, 0.3) is 10.8 Å². The quantitative estimate of drug-likeness (QED) is 0.648. The summed E-state index contributed by atoms with van der Waals surface area (Å²) in [5.41, 5.74) is 1.22. The molecule has 3 nitrogen and oxygen atoms in total. The fourth-order valence-corrected chi connectivity index (χ4v) is 2.75. The van der Waals surface area contributed by atoms with Crippen molar-refractivity contribution in [1.29, 1.82) is 0 Å². The number of carbonyl (C=O) groups excluding carboxylic acids is 1. The zero-order chi connectivity index (χ0) is 14.1. The number of anilines is 1. The second kappa shape index (κ2) is 5.42. The molecule has 3 rings (SSSR count). The maximum Gasteiger partial charge on any atom is 0.260 e. The number of fused-ring (bicyclic) bond motifs is 1. The highest BCUT2D eigenvalue weighted by Gasteiger charge is 2.12. The highest BCUT2D eigenvalue weighted by atomic mass is 79.9. The van der Waals surface area contributed by atoms with Crippen LogP contribution >= 0.6 is 31.9 Å². The number of furan rings is 1. The van der Waals surface area contributed by atoms with Crippen LogP contribution in [0.2, 0.25) is 0 Å². The summed E-state index contributed by atoms with van der Waals surface area (Å²) in [6.07, 6.45) is 1.47. The van der Waals surface area contributed by atoms with E-state index >= 15 is 0 Å². The number of carbonyl (C=O) groups is 1. The first kappa shape index (κ1) is 13.4. The smallest absolute Gasteiger partial charge is 0.260 e. The van der Waals surface area contributed by atoms with Gasteiger partial charge >= 0.3 is 0 Å². The lowest BCUT2D eigenvalue weighted by Crippen LogP contribution is -2.11. The van der Waals surface area contributed by atoms with E-state index in [2.05, 4.69) is 37.2 Å². The predicted octanol–water partition coefficient (Wildman–Crippen LogP) is 5.21. The Kier molecular flexibility index (Phi) is 3.63. The van der Waals surface area contributed by atoms with E-state index in [1.807, 2.05) is 36.4 Å². The molecule has 5 heteroatoms. The van der Waals surface area contributed by atoms with E-state index in [0.29, 0.717) is 10.2 Å². The summed E-state index contributed by atoms with van der Waals surface area (Å²) >= 11 is 6.64. The first-order chi connectivity index (χ1) is 9.63. The van der Waals surface area contributed by atoms with Gasteiger partial charge in [-0.05, 0) is 57.0 Å². The SMILES string of the molecule is O=C(Nc1ccc2cc(Br)ccc2c1)c1ccoc1Br. The Labute approximate surface area is 132 Å². The molecule has 0 aliphatic heterocycles. The lowest BCUT2D eigenvalue weighted by molar-refractivity contribution is 0.102. The average molecular weight is 395 g/mol. The molecule has 100 valence electrons. The molecular formula is C15H9Br2NO2. The van der Waals surface area contributed by atoms with Gasteiger partial charge < -0.3 is 9.73 Å². The Hall–Kier alpha value is -1.59. The van der Waals surface area contributed by atoms with Gasteiger partial charge in [0.05, 0.1) is 11.8 Å². The molecule has 1 heterocycles. The van der Waals surface area contributed by atoms with Crippen LogP contribution in [-0.2, 0) is 0 Å². The van der Waals surface area contributed by atoms with E-state index in [1.165, 1.54) is 6.26 Å². The third-order valence-corrected chi connectivity index (χ3v) is 4.03. The lowest BCUT2D eigenvalue weighted by Gasteiger charge is -2.06. The van der Waals surface area contributed by atoms with Crippen LogP contribution in [0.4, 0.5) is 5.69 Å². The largest absolute Gasteiger partial charge is 0.457 e. The van der Waals surface area contributed by atoms with Gasteiger partial charge in [0.1, 0.15) is 0 Å². The molecule has 0 saturated carbocycles. The summed E-state index contributed by atoms with van der Waals surface area (Å²) in [6.45, 7) is 0. The van der Waals surface area contributed by atoms with Crippen molar-refractivity contribution in [2.75, 3.05) is 5.32 Å². The maximum atomic E-state index is 12.1. The molecule has 3 aromatic rings. The molecule has 20 heavy (non-hydrogen) atoms. The Morgan fingerprint density at radius 1 is 1.00 bits per heavy atom. The van der Waals surface area contributed by atoms with Gasteiger partial charge in [0.2, 0.25) is 0 Å². The molecule has 0 aliphatic rings. The minimum absolute atomic E-state index is 0.206. The lowest BCUT2D eigenvalue weighted by atomic mass is 10.1. The van der Waals surface area contributed by atoms with E-state index in [0.717, 1.165) is 20.9 Å². The van der Waals surface area contributed by atoms with Crippen LogP contribution in [0.5, 0.6) is 0 Å². The molecule has 1 N–H and O–H groups in total. The molecule has 2 aromatic carbocycles. The highest BCUT2D eigenvalue weighted by molar-refractivity contribution is 9.10. The number of hydrogen-bond donors (Lipinski definition) is 1. The zero-order valence-electron chi connectivity index (χ0n) is 10.2. The van der Waals surface area contributed by atoms with Crippen LogP contribution in [0.1, 0.15) is 10.4 Å². The molecule has 0 spiro atoms. The second-order valence-corrected chi connectivity index (χ2v) is 5.90. The standard InChI is InChI=1S/C15H9Br2NO2/c16-11-3-1-10-8-12(4-2-9(10)7-11)18-15(19)13-5-6-20-14(13)17/h1-8H,(H,18,19). The van der Waals surface area contributed by atoms with Gasteiger partial charge in [0.25, 0.3) is 5.91 Å². The molecular weight excluding hydrogens is 386 g/mol. The first-order valence-electron chi connectivity index (χ1n) is 5.87. The Balaban J connectivity index is 1.90. The third kappa shape index (κ3) is 2.64. The first-order valence-corrected chi connectivity index (χ1v) is 7.46. The van der Waals surface area contributed by atoms with E-state index in [9.17, 15) is 4.79 Å². The molecule has 0 radical (unpaired) electrons. The number of hydrogen-bond acceptors (Lipinski definition) is 2. The van der Waals surface area contributed by atoms with E-state index < -0.39 is 0 Å². The Bertz CT molecular complexity index is 795. The molecule has 1 amide bonds. The third-order valence-electron chi connectivity index (χ3n) is 2.92. The van der Waals surface area contributed by atoms with Gasteiger partial charge in [-0.25, -0.2) is 0 Å². The van der Waals surface area contributed by atoms with Crippen molar-refractivity contribution in [3.63, 3.8) is 0 Å². The van der Waals surface area contributed by atoms with Crippen molar-refractivity contribution in [1.82, 2.24) is 0 Å². The van der Waals surface area contributed by atoms with Gasteiger partial charge in [-0.2, -0.15) is 0 Å². The van der Waals surface area contributed by atoms with Crippen molar-refractivity contribution in [2.45, 2.75) is 0 Å². The number of rotatable bonds is 2. The summed E-state index contributed by atoms with van der Waals surface area (Å²) in [6, 6.07) is 13.4. The van der Waals surface area contributed by atoms with E-state index in [1.54, 1.807) is 6.07 Å². The normalized spacial score (nSPS) is 10.7. The van der Waals surface area contributed by atoms with Gasteiger partial charge in [-0.3, -0.25) is 4.79 Å². The average Bonchev–Trinajstić information content (AvgIpc) is 2.85. The van der Waals surface area contributed by atoms with Crippen molar-refractivity contribution >= 4 is 54.2 Å². The summed E-state index contributed by atoms with van der Waals surface area (Å²) < 4.78 is 6.52. The van der Waals surface area contributed by atoms with Crippen LogP contribution < -0.4 is 5.32 Å². The van der Waals surface area contributed by atoms with Crippen molar-refractivity contribution in [3.8, 4) is 0 Å². The molecule has 0 unspecified atom stereocenters. The van der Waals surface area contributed by atoms with Gasteiger partial charge in [-0.15, -0.1) is 0 Å². The Morgan fingerprint density at radius 3 is 2.50 bits per heavy atom. The van der Waals surface area contributed by atoms with Gasteiger partial charge in [0.15, 0.2) is 4.67 Å². The fourth-order valence-electron chi connectivity index (χ4n) is 1.95. The van der Waals surface area contributed by atoms with Crippen molar-refractivity contribution in [3.05, 3.63) is 63.4 Å². The zero-order valence-corrected chi connectivity index (χ0v) is 13.4. The monoisotopic (exact) mass is 393 g/mol. The summed E-state index contributed by atoms with van der Waals surface area (Å²) in [7, 11) is 0. The summed E-state index contributed by atoms with van der Waals surface area (Å²) in [5.74, 6) is -0.206. The van der Waals surface area contributed by atoms with Crippen molar-refractivity contribution in [2.24, 2.45) is 0 Å². The van der Waals surface area contributed by atoms with Crippen LogP contribution in [0, 0.1) is 0 Å². The minimum atomic E-state index is -0.206. The molecule has 0 fully saturated rings. The predicted molar refractivity (Wildman–Crippen MR) is 86.0 cm³/mol. The highest BCUT2D eigenvalue weighted by Crippen LogP contribution is 2.24. The number of amides is 1. The van der Waals surface area contributed by atoms with E-state index in [4.69, 9.17) is 4.42 Å². The number of halogens is 2. The minimum Gasteiger partial charge on any atom is -0.457 e. The molecule has 0 bridgehead atoms. The van der Waals surface area contributed by atoms with Crippen molar-refractivity contribution < 1.29 is 9.21 Å². The number of benzene rings is 2. The Morgan fingerprint density at radius 2 is 1.75 bits per heavy atom. The summed E-state index contributed by atoms with van der Waals surface area (Å²) in [5, 5.41) is 5.03. The molecule has 0 atom stereocenters. The maximum absolute atomic E-state index is 12.1. The summed E-state index contributed by atoms with van der Waals surface area (Å²) in [4.78, 5) is 12.1. The van der Waals surface area contributed by atoms with Crippen LogP contribution in [0.3, 0.4) is 0 Å². The van der Waals surface area contributed by atoms with Gasteiger partial charge in [0, 0.05) is 10.2 Å². The topological polar surface area (TPSA) is 42.2 Å². The molecule has 0 saturated heterocycles. The fraction of sp³-hybridized carbons (Fsp3) is 0. The second-order valence-electron chi connectivity index (χ2n) is 4.27. The van der Waals surface area contributed by atoms with E-state index in [-0.39, 0.29) is 5.91 Å². The molecule has 0 aliphatic carbocycles. The van der Waals surface area contributed by atoms with Crippen LogP contribution in [-0.4, -0.2) is 5.91 Å². The molecule has 1 aromatic heterocycles.